The molecule has 0 aromatic heterocycles. The quantitative estimate of drug-likeness (QED) is 0.642. The molecular formula is C22H28ClN3O3S. The third-order valence-corrected chi connectivity index (χ3v) is 8.11. The highest BCUT2D eigenvalue weighted by Gasteiger charge is 2.32. The molecule has 0 spiro atoms. The second kappa shape index (κ2) is 9.66. The van der Waals surface area contributed by atoms with E-state index in [1.165, 1.54) is 5.56 Å². The Bertz CT molecular complexity index is 948. The van der Waals surface area contributed by atoms with Gasteiger partial charge in [-0.1, -0.05) is 23.7 Å². The zero-order chi connectivity index (χ0) is 21.0. The van der Waals surface area contributed by atoms with Crippen LogP contribution in [0.3, 0.4) is 0 Å². The number of hydrogen-bond donors (Lipinski definition) is 2. The fourth-order valence-corrected chi connectivity index (χ4v) is 5.57. The van der Waals surface area contributed by atoms with E-state index in [2.05, 4.69) is 21.6 Å². The highest BCUT2D eigenvalue weighted by atomic mass is 35.5. The van der Waals surface area contributed by atoms with Crippen molar-refractivity contribution in [2.24, 2.45) is 0 Å². The van der Waals surface area contributed by atoms with E-state index >= 15 is 0 Å². The molecule has 0 unspecified atom stereocenters. The maximum atomic E-state index is 12.4. The van der Waals surface area contributed by atoms with Crippen molar-refractivity contribution in [2.45, 2.75) is 22.6 Å². The van der Waals surface area contributed by atoms with Crippen LogP contribution in [0, 0.1) is 0 Å². The smallest absolute Gasteiger partial charge is 0.183 e. The molecule has 0 aliphatic carbocycles. The fraction of sp³-hybridized carbons (Fsp3) is 0.455. The van der Waals surface area contributed by atoms with Gasteiger partial charge in [0.2, 0.25) is 0 Å². The third kappa shape index (κ3) is 5.34. The first-order chi connectivity index (χ1) is 14.5. The molecule has 6 nitrogen and oxygen atoms in total. The summed E-state index contributed by atoms with van der Waals surface area (Å²) in [5, 5.41) is 6.98. The van der Waals surface area contributed by atoms with E-state index < -0.39 is 9.84 Å². The van der Waals surface area contributed by atoms with Gasteiger partial charge in [0, 0.05) is 44.3 Å². The van der Waals surface area contributed by atoms with E-state index in [0.29, 0.717) is 30.3 Å². The first kappa shape index (κ1) is 21.6. The monoisotopic (exact) mass is 449 g/mol. The standard InChI is InChI=1S/C22H28ClN3O3S/c23-18-3-1-2-17(12-18)8-10-26-11-9-25-19(15-26)16-29-20-4-6-21(7-5-20)30(27,28)22-13-24-14-22/h1-7,12,19,22,24-25H,8-11,13-16H2/t19-/m0/s1. The lowest BCUT2D eigenvalue weighted by atomic mass is 10.1. The molecule has 2 aromatic rings. The van der Waals surface area contributed by atoms with Crippen LogP contribution in [-0.2, 0) is 16.3 Å². The molecule has 30 heavy (non-hydrogen) atoms. The number of hydrogen-bond acceptors (Lipinski definition) is 6. The molecule has 162 valence electrons. The van der Waals surface area contributed by atoms with Gasteiger partial charge in [0.15, 0.2) is 9.84 Å². The number of sulfone groups is 1. The summed E-state index contributed by atoms with van der Waals surface area (Å²) in [7, 11) is -3.24. The van der Waals surface area contributed by atoms with Gasteiger partial charge in [0.05, 0.1) is 16.2 Å². The SMILES string of the molecule is O=S(=O)(c1ccc(OC[C@@H]2CN(CCc3cccc(Cl)c3)CCN2)cc1)C1CNC1. The predicted octanol–water partition coefficient (Wildman–Crippen LogP) is 1.98. The molecule has 2 aromatic carbocycles. The van der Waals surface area contributed by atoms with Crippen molar-refractivity contribution < 1.29 is 13.2 Å². The third-order valence-electron chi connectivity index (χ3n) is 5.73. The molecular weight excluding hydrogens is 422 g/mol. The van der Waals surface area contributed by atoms with E-state index in [9.17, 15) is 8.42 Å². The van der Waals surface area contributed by atoms with Gasteiger partial charge < -0.3 is 20.3 Å². The van der Waals surface area contributed by atoms with Crippen LogP contribution in [0.4, 0.5) is 0 Å². The minimum absolute atomic E-state index is 0.238. The van der Waals surface area contributed by atoms with Crippen molar-refractivity contribution >= 4 is 21.4 Å². The minimum Gasteiger partial charge on any atom is -0.492 e. The van der Waals surface area contributed by atoms with Crippen LogP contribution in [0.5, 0.6) is 5.75 Å². The molecule has 2 aliphatic rings. The van der Waals surface area contributed by atoms with Crippen LogP contribution < -0.4 is 15.4 Å². The Kier molecular flexibility index (Phi) is 6.95. The fourth-order valence-electron chi connectivity index (χ4n) is 3.79. The number of rotatable bonds is 8. The number of halogens is 1. The van der Waals surface area contributed by atoms with Gasteiger partial charge in [-0.3, -0.25) is 0 Å². The Balaban J connectivity index is 1.25. The van der Waals surface area contributed by atoms with E-state index in [4.69, 9.17) is 16.3 Å². The van der Waals surface area contributed by atoms with Gasteiger partial charge in [-0.2, -0.15) is 0 Å². The van der Waals surface area contributed by atoms with Gasteiger partial charge in [-0.15, -0.1) is 0 Å². The topological polar surface area (TPSA) is 70.7 Å². The van der Waals surface area contributed by atoms with Crippen molar-refractivity contribution in [2.75, 3.05) is 45.9 Å². The first-order valence-electron chi connectivity index (χ1n) is 10.4. The lowest BCUT2D eigenvalue weighted by molar-refractivity contribution is 0.159. The van der Waals surface area contributed by atoms with E-state index in [-0.39, 0.29) is 11.3 Å². The maximum absolute atomic E-state index is 12.4. The van der Waals surface area contributed by atoms with E-state index in [1.807, 2.05) is 18.2 Å². The number of piperazine rings is 1. The first-order valence-corrected chi connectivity index (χ1v) is 12.3. The highest BCUT2D eigenvalue weighted by molar-refractivity contribution is 7.92. The summed E-state index contributed by atoms with van der Waals surface area (Å²) in [6.07, 6.45) is 0.973. The van der Waals surface area contributed by atoms with Gasteiger partial charge in [0.25, 0.3) is 0 Å². The summed E-state index contributed by atoms with van der Waals surface area (Å²) in [6, 6.07) is 15.1. The molecule has 4 rings (SSSR count). The van der Waals surface area contributed by atoms with Crippen LogP contribution >= 0.6 is 11.6 Å². The number of nitrogens with zero attached hydrogens (tertiary/aromatic N) is 1. The van der Waals surface area contributed by atoms with Crippen LogP contribution in [0.1, 0.15) is 5.56 Å². The summed E-state index contributed by atoms with van der Waals surface area (Å²) in [6.45, 7) is 5.45. The van der Waals surface area contributed by atoms with Crippen LogP contribution in [0.2, 0.25) is 5.02 Å². The lowest BCUT2D eigenvalue weighted by Crippen LogP contribution is -2.53. The van der Waals surface area contributed by atoms with Gasteiger partial charge >= 0.3 is 0 Å². The second-order valence-electron chi connectivity index (χ2n) is 7.94. The molecule has 2 saturated heterocycles. The number of nitrogens with one attached hydrogen (secondary N) is 2. The van der Waals surface area contributed by atoms with Gasteiger partial charge in [-0.05, 0) is 48.4 Å². The normalized spacial score (nSPS) is 20.6. The van der Waals surface area contributed by atoms with Crippen LogP contribution in [0.15, 0.2) is 53.4 Å². The Morgan fingerprint density at radius 3 is 2.63 bits per heavy atom. The van der Waals surface area contributed by atoms with Gasteiger partial charge in [-0.25, -0.2) is 8.42 Å². The Morgan fingerprint density at radius 1 is 1.13 bits per heavy atom. The summed E-state index contributed by atoms with van der Waals surface area (Å²) in [5.41, 5.74) is 1.25. The van der Waals surface area contributed by atoms with Crippen molar-refractivity contribution in [1.29, 1.82) is 0 Å². The second-order valence-corrected chi connectivity index (χ2v) is 10.6. The summed E-state index contributed by atoms with van der Waals surface area (Å²) in [4.78, 5) is 2.80. The highest BCUT2D eigenvalue weighted by Crippen LogP contribution is 2.22. The molecule has 2 heterocycles. The number of ether oxygens (including phenoxy) is 1. The molecule has 2 aliphatic heterocycles. The lowest BCUT2D eigenvalue weighted by Gasteiger charge is -2.33. The molecule has 0 bridgehead atoms. The summed E-state index contributed by atoms with van der Waals surface area (Å²) >= 11 is 6.07. The Hall–Kier alpha value is -1.64. The van der Waals surface area contributed by atoms with Gasteiger partial charge in [0.1, 0.15) is 12.4 Å². The molecule has 2 N–H and O–H groups in total. The zero-order valence-corrected chi connectivity index (χ0v) is 18.5. The zero-order valence-electron chi connectivity index (χ0n) is 16.9. The summed E-state index contributed by atoms with van der Waals surface area (Å²) < 4.78 is 30.8. The van der Waals surface area contributed by atoms with Crippen molar-refractivity contribution in [3.05, 3.63) is 59.1 Å². The minimum atomic E-state index is -3.24. The largest absolute Gasteiger partial charge is 0.492 e. The molecule has 0 amide bonds. The average Bonchev–Trinajstić information content (AvgIpc) is 2.70. The number of benzene rings is 2. The molecule has 1 atom stereocenters. The van der Waals surface area contributed by atoms with E-state index in [1.54, 1.807) is 24.3 Å². The molecule has 0 radical (unpaired) electrons. The van der Waals surface area contributed by atoms with Crippen molar-refractivity contribution in [3.8, 4) is 5.75 Å². The Labute approximate surface area is 183 Å². The van der Waals surface area contributed by atoms with E-state index in [0.717, 1.165) is 37.6 Å². The van der Waals surface area contributed by atoms with Crippen LogP contribution in [0.25, 0.3) is 0 Å². The van der Waals surface area contributed by atoms with Crippen molar-refractivity contribution in [1.82, 2.24) is 15.5 Å². The van der Waals surface area contributed by atoms with Crippen LogP contribution in [-0.4, -0.2) is 70.5 Å². The Morgan fingerprint density at radius 2 is 1.93 bits per heavy atom. The van der Waals surface area contributed by atoms with Crippen molar-refractivity contribution in [3.63, 3.8) is 0 Å². The molecule has 8 heteroatoms. The predicted molar refractivity (Wildman–Crippen MR) is 119 cm³/mol. The summed E-state index contributed by atoms with van der Waals surface area (Å²) in [5.74, 6) is 0.693. The molecule has 0 saturated carbocycles. The molecule has 2 fully saturated rings. The average molecular weight is 450 g/mol. The maximum Gasteiger partial charge on any atom is 0.183 e.